The molecule has 1 N–H and O–H groups in total. The van der Waals surface area contributed by atoms with Crippen LogP contribution in [0.2, 0.25) is 0 Å². The highest BCUT2D eigenvalue weighted by atomic mass is 79.9. The first kappa shape index (κ1) is 20.6. The Labute approximate surface area is 184 Å². The molecule has 0 aliphatic carbocycles. The largest absolute Gasteiger partial charge is 0.332 e. The van der Waals surface area contributed by atoms with E-state index in [1.165, 1.54) is 4.90 Å². The molecule has 3 heterocycles. The molecule has 6 nitrogen and oxygen atoms in total. The highest BCUT2D eigenvalue weighted by molar-refractivity contribution is 9.11. The highest BCUT2D eigenvalue weighted by Gasteiger charge is 2.45. The van der Waals surface area contributed by atoms with Crippen molar-refractivity contribution < 1.29 is 13.6 Å². The van der Waals surface area contributed by atoms with Crippen LogP contribution in [0.1, 0.15) is 29.3 Å². The van der Waals surface area contributed by atoms with Crippen molar-refractivity contribution >= 4 is 49.4 Å². The van der Waals surface area contributed by atoms with Crippen LogP contribution < -0.4 is 5.43 Å². The van der Waals surface area contributed by atoms with Crippen molar-refractivity contribution in [3.8, 4) is 0 Å². The van der Waals surface area contributed by atoms with Crippen LogP contribution in [-0.4, -0.2) is 53.2 Å². The van der Waals surface area contributed by atoms with E-state index in [0.29, 0.717) is 29.6 Å². The number of carbonyl (C=O) groups is 1. The van der Waals surface area contributed by atoms with E-state index in [9.17, 15) is 13.6 Å². The molecule has 0 saturated carbocycles. The van der Waals surface area contributed by atoms with E-state index in [0.717, 1.165) is 14.5 Å². The van der Waals surface area contributed by atoms with Crippen LogP contribution >= 0.6 is 31.9 Å². The number of allylic oxidation sites excluding steroid dienone is 1. The molecule has 154 valence electrons. The van der Waals surface area contributed by atoms with E-state index < -0.39 is 24.3 Å². The molecule has 10 heteroatoms. The summed E-state index contributed by atoms with van der Waals surface area (Å²) in [5.41, 5.74) is 5.72. The summed E-state index contributed by atoms with van der Waals surface area (Å²) >= 11 is 6.85. The lowest BCUT2D eigenvalue weighted by Crippen LogP contribution is -2.52. The Hall–Kier alpha value is -1.65. The van der Waals surface area contributed by atoms with Gasteiger partial charge in [-0.05, 0) is 37.6 Å². The second-order valence-electron chi connectivity index (χ2n) is 7.44. The van der Waals surface area contributed by atoms with Gasteiger partial charge < -0.3 is 4.90 Å². The lowest BCUT2D eigenvalue weighted by Gasteiger charge is -2.41. The molecule has 0 spiro atoms. The van der Waals surface area contributed by atoms with Crippen LogP contribution in [0.5, 0.6) is 0 Å². The van der Waals surface area contributed by atoms with Crippen molar-refractivity contribution in [1.29, 1.82) is 0 Å². The van der Waals surface area contributed by atoms with Crippen LogP contribution in [0, 0.1) is 12.8 Å². The molecule has 4 rings (SSSR count). The molecule has 1 amide bonds. The summed E-state index contributed by atoms with van der Waals surface area (Å²) in [5, 5.41) is 1.65. The fourth-order valence-electron chi connectivity index (χ4n) is 3.78. The third-order valence-corrected chi connectivity index (χ3v) is 6.83. The Morgan fingerprint density at radius 1 is 1.28 bits per heavy atom. The first-order valence-electron chi connectivity index (χ1n) is 9.12. The molecule has 3 aliphatic rings. The molecule has 3 aliphatic heterocycles. The molecule has 0 bridgehead atoms. The molecular weight excluding hydrogens is 512 g/mol. The molecular formula is C19H19Br2F2N5O. The molecule has 1 aromatic rings. The number of amides is 1. The smallest absolute Gasteiger partial charge is 0.266 e. The normalized spacial score (nSPS) is 23.4. The van der Waals surface area contributed by atoms with E-state index >= 15 is 0 Å². The fourth-order valence-corrected chi connectivity index (χ4v) is 4.97. The van der Waals surface area contributed by atoms with Gasteiger partial charge in [0.2, 0.25) is 5.96 Å². The van der Waals surface area contributed by atoms with Crippen LogP contribution in [0.25, 0.3) is 0 Å². The summed E-state index contributed by atoms with van der Waals surface area (Å²) in [5.74, 6) is -3.47. The van der Waals surface area contributed by atoms with E-state index in [-0.39, 0.29) is 13.0 Å². The minimum absolute atomic E-state index is 0.197. The number of likely N-dealkylation sites (tertiary alicyclic amines) is 1. The van der Waals surface area contributed by atoms with Gasteiger partial charge in [-0.15, -0.1) is 0 Å². The van der Waals surface area contributed by atoms with E-state index in [1.54, 1.807) is 23.2 Å². The van der Waals surface area contributed by atoms with Crippen molar-refractivity contribution in [2.75, 3.05) is 19.8 Å². The number of benzene rings is 1. The minimum atomic E-state index is -2.99. The van der Waals surface area contributed by atoms with Gasteiger partial charge in [-0.2, -0.15) is 0 Å². The molecule has 1 fully saturated rings. The van der Waals surface area contributed by atoms with Gasteiger partial charge in [0.05, 0.1) is 6.54 Å². The average molecular weight is 531 g/mol. The standard InChI is InChI=1S/C19H19Br2F2N5O/c1-10-3-16(28-18(26-10)24-9-25-28)13-6-19(22,23)8-27(7-13)17(29)12-4-14(20)11(2)15(21)5-12/h3-5,13,25H,6-9H2,1-2H3. The fraction of sp³-hybridized carbons (Fsp3) is 0.421. The molecule has 0 aromatic heterocycles. The zero-order valence-electron chi connectivity index (χ0n) is 15.8. The number of hydrogen-bond acceptors (Lipinski definition) is 5. The number of nitrogens with one attached hydrogen (secondary N) is 1. The Morgan fingerprint density at radius 2 is 1.97 bits per heavy atom. The van der Waals surface area contributed by atoms with Crippen LogP contribution in [0.3, 0.4) is 0 Å². The predicted octanol–water partition coefficient (Wildman–Crippen LogP) is 4.11. The lowest BCUT2D eigenvalue weighted by atomic mass is 9.90. The number of fused-ring (bicyclic) bond motifs is 1. The maximum atomic E-state index is 14.7. The molecule has 1 atom stereocenters. The molecule has 1 unspecified atom stereocenters. The predicted molar refractivity (Wildman–Crippen MR) is 114 cm³/mol. The maximum Gasteiger partial charge on any atom is 0.266 e. The minimum Gasteiger partial charge on any atom is -0.332 e. The van der Waals surface area contributed by atoms with E-state index in [2.05, 4.69) is 47.3 Å². The van der Waals surface area contributed by atoms with Gasteiger partial charge in [0, 0.05) is 44.8 Å². The summed E-state index contributed by atoms with van der Waals surface area (Å²) in [6.07, 6.45) is 1.45. The third-order valence-electron chi connectivity index (χ3n) is 5.18. The summed E-state index contributed by atoms with van der Waals surface area (Å²) in [6.45, 7) is 3.65. The lowest BCUT2D eigenvalue weighted by molar-refractivity contribution is -0.0724. The van der Waals surface area contributed by atoms with Crippen molar-refractivity contribution in [1.82, 2.24) is 15.3 Å². The second kappa shape index (κ2) is 7.55. The molecule has 29 heavy (non-hydrogen) atoms. The van der Waals surface area contributed by atoms with Crippen molar-refractivity contribution in [3.63, 3.8) is 0 Å². The Kier molecular flexibility index (Phi) is 5.37. The first-order chi connectivity index (χ1) is 13.6. The Morgan fingerprint density at radius 3 is 2.66 bits per heavy atom. The zero-order valence-corrected chi connectivity index (χ0v) is 19.0. The van der Waals surface area contributed by atoms with Gasteiger partial charge in [-0.1, -0.05) is 31.9 Å². The number of nitrogens with zero attached hydrogens (tertiary/aromatic N) is 4. The average Bonchev–Trinajstić information content (AvgIpc) is 3.11. The summed E-state index contributed by atoms with van der Waals surface area (Å²) in [4.78, 5) is 22.9. The number of hydrogen-bond donors (Lipinski definition) is 1. The van der Waals surface area contributed by atoms with Gasteiger partial charge in [0.25, 0.3) is 11.8 Å². The summed E-state index contributed by atoms with van der Waals surface area (Å²) in [7, 11) is 0. The highest BCUT2D eigenvalue weighted by Crippen LogP contribution is 2.37. The first-order valence-corrected chi connectivity index (χ1v) is 10.7. The Balaban J connectivity index is 1.64. The topological polar surface area (TPSA) is 60.3 Å². The SMILES string of the molecule is CC1=NC2=NCNN2C(C2CN(C(=O)c3cc(Br)c(C)c(Br)c3)CC(F)(F)C2)=C1. The van der Waals surface area contributed by atoms with Crippen molar-refractivity contribution in [2.24, 2.45) is 15.9 Å². The van der Waals surface area contributed by atoms with Crippen LogP contribution in [0.15, 0.2) is 42.8 Å². The molecule has 1 aromatic carbocycles. The van der Waals surface area contributed by atoms with Crippen molar-refractivity contribution in [2.45, 2.75) is 26.2 Å². The van der Waals surface area contributed by atoms with Gasteiger partial charge >= 0.3 is 0 Å². The number of piperidine rings is 1. The van der Waals surface area contributed by atoms with E-state index in [4.69, 9.17) is 0 Å². The van der Waals surface area contributed by atoms with Crippen LogP contribution in [0.4, 0.5) is 8.78 Å². The zero-order chi connectivity index (χ0) is 20.9. The monoisotopic (exact) mass is 529 g/mol. The number of halogens is 4. The maximum absolute atomic E-state index is 14.7. The number of guanidine groups is 1. The van der Waals surface area contributed by atoms with Crippen LogP contribution in [-0.2, 0) is 0 Å². The number of carbonyl (C=O) groups excluding carboxylic acids is 1. The van der Waals surface area contributed by atoms with Crippen molar-refractivity contribution in [3.05, 3.63) is 44.0 Å². The summed E-state index contributed by atoms with van der Waals surface area (Å²) < 4.78 is 30.8. The molecule has 0 radical (unpaired) electrons. The van der Waals surface area contributed by atoms with Gasteiger partial charge in [-0.3, -0.25) is 4.79 Å². The number of rotatable bonds is 2. The summed E-state index contributed by atoms with van der Waals surface area (Å²) in [6, 6.07) is 3.35. The quantitative estimate of drug-likeness (QED) is 0.626. The van der Waals surface area contributed by atoms with Gasteiger partial charge in [-0.25, -0.2) is 29.2 Å². The number of hydrazine groups is 1. The number of alkyl halides is 2. The second-order valence-corrected chi connectivity index (χ2v) is 9.15. The Bertz CT molecular complexity index is 952. The van der Waals surface area contributed by atoms with Gasteiger partial charge in [0.1, 0.15) is 6.67 Å². The van der Waals surface area contributed by atoms with E-state index in [1.807, 2.05) is 13.8 Å². The number of aliphatic imine (C=N–C) groups is 2. The molecule has 1 saturated heterocycles. The third kappa shape index (κ3) is 4.02. The van der Waals surface area contributed by atoms with Gasteiger partial charge in [0.15, 0.2) is 0 Å².